The number of allylic oxidation sites excluding steroid dienone is 4. The van der Waals surface area contributed by atoms with E-state index in [1.807, 2.05) is 0 Å². The normalized spacial score (nSPS) is 23.9. The molecular formula is C32H39IN2. The fraction of sp³-hybridized carbons (Fsp3) is 0.469. The molecule has 2 aliphatic carbocycles. The molecule has 2 aromatic rings. The first kappa shape index (κ1) is 23.5. The van der Waals surface area contributed by atoms with Crippen molar-refractivity contribution in [3.63, 3.8) is 0 Å². The van der Waals surface area contributed by atoms with Gasteiger partial charge in [-0.3, -0.25) is 0 Å². The molecule has 0 N–H and O–H groups in total. The predicted octanol–water partition coefficient (Wildman–Crippen LogP) is 8.58. The highest BCUT2D eigenvalue weighted by Gasteiger charge is 2.46. The van der Waals surface area contributed by atoms with Crippen LogP contribution in [0.4, 0.5) is 11.4 Å². The third-order valence-corrected chi connectivity index (χ3v) is 12.8. The van der Waals surface area contributed by atoms with Crippen molar-refractivity contribution in [1.82, 2.24) is 0 Å². The Bertz CT molecular complexity index is 1180. The summed E-state index contributed by atoms with van der Waals surface area (Å²) in [6.45, 7) is 3.44. The average Bonchev–Trinajstić information content (AvgIpc) is 3.14. The number of likely N-dealkylation sites (N-methyl/N-ethyl adjacent to an activating group) is 1. The maximum atomic E-state index is 2.70. The maximum absolute atomic E-state index is 2.70. The van der Waals surface area contributed by atoms with Crippen LogP contribution in [0, 0.1) is 0 Å². The van der Waals surface area contributed by atoms with Gasteiger partial charge in [0.15, 0.2) is 0 Å². The molecule has 2 saturated carbocycles. The molecule has 0 bridgehead atoms. The van der Waals surface area contributed by atoms with Crippen molar-refractivity contribution in [3.8, 4) is 0 Å². The molecule has 2 fully saturated rings. The summed E-state index contributed by atoms with van der Waals surface area (Å²) in [6, 6.07) is 18.5. The first-order valence-electron chi connectivity index (χ1n) is 13.8. The minimum Gasteiger partial charge on any atom is -0.347 e. The minimum atomic E-state index is -0.169. The molecule has 0 radical (unpaired) electrons. The zero-order valence-electron chi connectivity index (χ0n) is 21.4. The van der Waals surface area contributed by atoms with Gasteiger partial charge in [-0.05, 0) is 61.9 Å². The van der Waals surface area contributed by atoms with Crippen LogP contribution in [0.15, 0.2) is 72.5 Å². The molecule has 0 amide bonds. The van der Waals surface area contributed by atoms with Gasteiger partial charge in [-0.1, -0.05) is 87.1 Å². The lowest BCUT2D eigenvalue weighted by molar-refractivity contribution is 0.347. The highest BCUT2D eigenvalue weighted by atomic mass is 127. The van der Waals surface area contributed by atoms with Crippen molar-refractivity contribution >= 4 is 35.9 Å². The summed E-state index contributed by atoms with van der Waals surface area (Å²) in [6.07, 6.45) is 20.9. The van der Waals surface area contributed by atoms with Gasteiger partial charge in [0.25, 0.3) is 0 Å². The van der Waals surface area contributed by atoms with Gasteiger partial charge in [0.1, 0.15) is 0 Å². The fourth-order valence-electron chi connectivity index (χ4n) is 7.47. The fourth-order valence-corrected chi connectivity index (χ4v) is 10.8. The number of benzene rings is 2. The molecule has 2 aromatic carbocycles. The number of hydrogen-bond donors (Lipinski definition) is 0. The molecule has 2 spiro atoms. The van der Waals surface area contributed by atoms with Crippen molar-refractivity contribution < 1.29 is 0 Å². The van der Waals surface area contributed by atoms with E-state index < -0.39 is 0 Å². The third kappa shape index (κ3) is 3.75. The molecule has 2 aliphatic heterocycles. The van der Waals surface area contributed by atoms with E-state index in [-0.39, 0.29) is 31.8 Å². The van der Waals surface area contributed by atoms with Crippen molar-refractivity contribution in [3.05, 3.63) is 83.6 Å². The van der Waals surface area contributed by atoms with Crippen LogP contribution in [-0.2, 0) is 10.8 Å². The topological polar surface area (TPSA) is 6.48 Å². The standard InChI is InChI=1S/C32H39IN2/c1-3-35-28-18-9-7-16-26(28)31(21-10-4-11-22-31)29(33-35)19-14-20-30-32(23-12-5-13-24-32)25-15-6-8-17-27(25)34(30)2/h6-9,14-20H,3-5,10-13,21-24H2,1-2H3/b19-14+,30-20-. The van der Waals surface area contributed by atoms with Gasteiger partial charge in [-0.25, -0.2) is 0 Å². The van der Waals surface area contributed by atoms with Crippen LogP contribution >= 0.6 is 21.0 Å². The first-order valence-corrected chi connectivity index (χ1v) is 15.9. The Labute approximate surface area is 222 Å². The van der Waals surface area contributed by atoms with E-state index in [1.165, 1.54) is 81.3 Å². The number of hydrogen-bond acceptors (Lipinski definition) is 2. The maximum Gasteiger partial charge on any atom is 0.0494 e. The monoisotopic (exact) mass is 578 g/mol. The zero-order chi connectivity index (χ0) is 23.9. The van der Waals surface area contributed by atoms with Crippen molar-refractivity contribution in [2.45, 2.75) is 82.0 Å². The number of para-hydroxylation sites is 2. The van der Waals surface area contributed by atoms with Crippen LogP contribution in [0.1, 0.15) is 82.3 Å². The Morgan fingerprint density at radius 2 is 1.34 bits per heavy atom. The number of fused-ring (bicyclic) bond motifs is 4. The second-order valence-corrected chi connectivity index (χ2v) is 13.7. The molecule has 2 nitrogen and oxygen atoms in total. The molecule has 0 atom stereocenters. The molecule has 3 heteroatoms. The molecule has 0 saturated heterocycles. The Morgan fingerprint density at radius 1 is 0.771 bits per heavy atom. The van der Waals surface area contributed by atoms with Crippen LogP contribution in [0.2, 0.25) is 0 Å². The summed E-state index contributed by atoms with van der Waals surface area (Å²) in [5.74, 6) is 0. The van der Waals surface area contributed by atoms with E-state index in [0.717, 1.165) is 6.54 Å². The summed E-state index contributed by atoms with van der Waals surface area (Å²) in [5.41, 5.74) is 8.12. The molecule has 0 aromatic heterocycles. The Kier molecular flexibility index (Phi) is 6.41. The molecule has 6 rings (SSSR count). The second-order valence-electron chi connectivity index (χ2n) is 10.9. The van der Waals surface area contributed by atoms with E-state index in [0.29, 0.717) is 0 Å². The van der Waals surface area contributed by atoms with Crippen LogP contribution in [-0.4, -0.2) is 17.1 Å². The Morgan fingerprint density at radius 3 is 2.00 bits per heavy atom. The summed E-state index contributed by atoms with van der Waals surface area (Å²) < 4.78 is 4.44. The van der Waals surface area contributed by atoms with Gasteiger partial charge in [0.05, 0.1) is 0 Å². The van der Waals surface area contributed by atoms with Crippen LogP contribution in [0.3, 0.4) is 0 Å². The zero-order valence-corrected chi connectivity index (χ0v) is 23.6. The van der Waals surface area contributed by atoms with Gasteiger partial charge < -0.3 is 8.01 Å². The molecule has 0 unspecified atom stereocenters. The molecule has 184 valence electrons. The minimum absolute atomic E-state index is 0.169. The van der Waals surface area contributed by atoms with Crippen molar-refractivity contribution in [2.75, 3.05) is 21.6 Å². The van der Waals surface area contributed by atoms with E-state index in [2.05, 4.69) is 88.7 Å². The second kappa shape index (κ2) is 9.53. The van der Waals surface area contributed by atoms with Crippen LogP contribution in [0.5, 0.6) is 0 Å². The number of halogens is 1. The van der Waals surface area contributed by atoms with Crippen molar-refractivity contribution in [2.24, 2.45) is 0 Å². The smallest absolute Gasteiger partial charge is 0.0494 e. The Hall–Kier alpha value is -1.88. The third-order valence-electron chi connectivity index (χ3n) is 9.15. The quantitative estimate of drug-likeness (QED) is 0.266. The van der Waals surface area contributed by atoms with E-state index in [4.69, 9.17) is 0 Å². The lowest BCUT2D eigenvalue weighted by Gasteiger charge is -2.44. The number of nitrogens with zero attached hydrogens (tertiary/aromatic N) is 2. The molecule has 2 heterocycles. The van der Waals surface area contributed by atoms with Gasteiger partial charge in [0.2, 0.25) is 0 Å². The number of anilines is 2. The van der Waals surface area contributed by atoms with E-state index in [9.17, 15) is 0 Å². The highest BCUT2D eigenvalue weighted by Crippen LogP contribution is 2.55. The predicted molar refractivity (Wildman–Crippen MR) is 160 cm³/mol. The largest absolute Gasteiger partial charge is 0.347 e. The summed E-state index contributed by atoms with van der Waals surface area (Å²) in [7, 11) is 2.29. The lowest BCUT2D eigenvalue weighted by atomic mass is 9.66. The Balaban J connectivity index is 1.40. The molecule has 35 heavy (non-hydrogen) atoms. The molecular weight excluding hydrogens is 539 g/mol. The summed E-state index contributed by atoms with van der Waals surface area (Å²) in [5, 5.41) is 0. The summed E-state index contributed by atoms with van der Waals surface area (Å²) >= 11 is -0.169. The summed E-state index contributed by atoms with van der Waals surface area (Å²) in [4.78, 5) is 2.50. The number of rotatable bonds is 3. The molecule has 4 aliphatic rings. The van der Waals surface area contributed by atoms with Crippen LogP contribution in [0.25, 0.3) is 0 Å². The first-order chi connectivity index (χ1) is 17.2. The van der Waals surface area contributed by atoms with Crippen molar-refractivity contribution in [1.29, 1.82) is 0 Å². The lowest BCUT2D eigenvalue weighted by Crippen LogP contribution is -2.40. The SMILES string of the molecule is CCN1I=C(/C=C/C=C2\N(C)c3ccccc3C23CCCCC3)C2(CCCCC2)c2ccccc21. The van der Waals surface area contributed by atoms with Gasteiger partial charge in [-0.15, -0.1) is 0 Å². The van der Waals surface area contributed by atoms with Gasteiger partial charge in [0, 0.05) is 66.0 Å². The average molecular weight is 579 g/mol. The van der Waals surface area contributed by atoms with Gasteiger partial charge >= 0.3 is 0 Å². The van der Waals surface area contributed by atoms with Crippen LogP contribution < -0.4 is 8.01 Å². The van der Waals surface area contributed by atoms with Gasteiger partial charge in [-0.2, -0.15) is 0 Å². The van der Waals surface area contributed by atoms with E-state index >= 15 is 0 Å². The highest BCUT2D eigenvalue weighted by molar-refractivity contribution is 14.2. The van der Waals surface area contributed by atoms with E-state index in [1.54, 1.807) is 14.6 Å².